The molecule has 2 aromatic rings. The van der Waals surface area contributed by atoms with Crippen LogP contribution in [0.25, 0.3) is 11.0 Å². The zero-order valence-corrected chi connectivity index (χ0v) is 12.7. The molecule has 1 aliphatic heterocycles. The predicted molar refractivity (Wildman–Crippen MR) is 85.0 cm³/mol. The minimum Gasteiger partial charge on any atom is -0.475 e. The molecular weight excluding hydrogens is 264 g/mol. The number of benzene rings is 1. The summed E-state index contributed by atoms with van der Waals surface area (Å²) in [6, 6.07) is 8.44. The van der Waals surface area contributed by atoms with E-state index in [2.05, 4.69) is 22.2 Å². The summed E-state index contributed by atoms with van der Waals surface area (Å²) in [4.78, 5) is 11.5. The summed E-state index contributed by atoms with van der Waals surface area (Å²) in [5, 5.41) is 3.52. The number of fused-ring (bicyclic) bond motifs is 1. The van der Waals surface area contributed by atoms with E-state index < -0.39 is 0 Å². The molecule has 1 saturated heterocycles. The maximum atomic E-state index is 5.70. The Labute approximate surface area is 125 Å². The Hall–Kier alpha value is -1.88. The lowest BCUT2D eigenvalue weighted by Gasteiger charge is -2.24. The number of para-hydroxylation sites is 2. The first-order valence-electron chi connectivity index (χ1n) is 7.62. The van der Waals surface area contributed by atoms with Crippen molar-refractivity contribution in [3.63, 3.8) is 0 Å². The maximum Gasteiger partial charge on any atom is 0.258 e. The number of aromatic nitrogens is 2. The number of anilines is 1. The van der Waals surface area contributed by atoms with Gasteiger partial charge in [0.25, 0.3) is 5.88 Å². The van der Waals surface area contributed by atoms with Crippen LogP contribution in [0.3, 0.4) is 0 Å². The highest BCUT2D eigenvalue weighted by Crippen LogP contribution is 2.26. The van der Waals surface area contributed by atoms with Crippen molar-refractivity contribution in [2.24, 2.45) is 0 Å². The third-order valence-electron chi connectivity index (χ3n) is 3.82. The van der Waals surface area contributed by atoms with Gasteiger partial charge in [-0.05, 0) is 38.4 Å². The smallest absolute Gasteiger partial charge is 0.258 e. The minimum absolute atomic E-state index is 0.526. The third kappa shape index (κ3) is 3.08. The molecule has 5 nitrogen and oxygen atoms in total. The second-order valence-electron chi connectivity index (χ2n) is 5.45. The minimum atomic E-state index is 0.526. The number of nitrogens with zero attached hydrogens (tertiary/aromatic N) is 3. The molecule has 0 saturated carbocycles. The molecule has 0 aliphatic carbocycles. The summed E-state index contributed by atoms with van der Waals surface area (Å²) < 4.78 is 5.70. The number of likely N-dealkylation sites (N-methyl/N-ethyl adjacent to an activating group) is 1. The lowest BCUT2D eigenvalue weighted by Crippen LogP contribution is -2.36. The Kier molecular flexibility index (Phi) is 4.20. The highest BCUT2D eigenvalue weighted by molar-refractivity contribution is 5.77. The van der Waals surface area contributed by atoms with Crippen LogP contribution >= 0.6 is 0 Å². The highest BCUT2D eigenvalue weighted by Gasteiger charge is 2.20. The fourth-order valence-electron chi connectivity index (χ4n) is 2.79. The normalized spacial score (nSPS) is 18.1. The second-order valence-corrected chi connectivity index (χ2v) is 5.45. The standard InChI is InChI=1S/C16H22N4O/c1-3-21-16-15(20(2)11-12-7-6-10-17-12)18-13-8-4-5-9-14(13)19-16/h4-5,8-9,12,17H,3,6-7,10-11H2,1-2H3/t12-/m1/s1. The molecule has 0 unspecified atom stereocenters. The van der Waals surface area contributed by atoms with Crippen LogP contribution in [-0.2, 0) is 0 Å². The SMILES string of the molecule is CCOc1nc2ccccc2nc1N(C)C[C@H]1CCCN1. The predicted octanol–water partition coefficient (Wildman–Crippen LogP) is 2.22. The van der Waals surface area contributed by atoms with Crippen LogP contribution in [-0.4, -0.2) is 42.8 Å². The van der Waals surface area contributed by atoms with Gasteiger partial charge in [0, 0.05) is 19.6 Å². The molecule has 0 bridgehead atoms. The molecule has 0 spiro atoms. The van der Waals surface area contributed by atoms with Crippen molar-refractivity contribution >= 4 is 16.9 Å². The van der Waals surface area contributed by atoms with E-state index in [9.17, 15) is 0 Å². The fraction of sp³-hybridized carbons (Fsp3) is 0.500. The van der Waals surface area contributed by atoms with Crippen molar-refractivity contribution < 1.29 is 4.74 Å². The van der Waals surface area contributed by atoms with E-state index in [1.54, 1.807) is 0 Å². The first-order chi connectivity index (χ1) is 10.3. The number of nitrogens with one attached hydrogen (secondary N) is 1. The molecule has 1 atom stereocenters. The van der Waals surface area contributed by atoms with Crippen LogP contribution in [0.4, 0.5) is 5.82 Å². The highest BCUT2D eigenvalue weighted by atomic mass is 16.5. The average Bonchev–Trinajstić information content (AvgIpc) is 2.99. The summed E-state index contributed by atoms with van der Waals surface area (Å²) in [5.74, 6) is 1.45. The third-order valence-corrected chi connectivity index (χ3v) is 3.82. The molecular formula is C16H22N4O. The van der Waals surface area contributed by atoms with E-state index in [4.69, 9.17) is 9.72 Å². The van der Waals surface area contributed by atoms with Crippen LogP contribution in [0.5, 0.6) is 5.88 Å². The molecule has 0 radical (unpaired) electrons. The van der Waals surface area contributed by atoms with Crippen LogP contribution in [0, 0.1) is 0 Å². The van der Waals surface area contributed by atoms with E-state index in [1.165, 1.54) is 12.8 Å². The van der Waals surface area contributed by atoms with E-state index in [0.717, 1.165) is 29.9 Å². The molecule has 2 heterocycles. The van der Waals surface area contributed by atoms with Crippen molar-refractivity contribution in [3.05, 3.63) is 24.3 Å². The van der Waals surface area contributed by atoms with E-state index in [0.29, 0.717) is 18.5 Å². The molecule has 1 fully saturated rings. The molecule has 112 valence electrons. The Balaban J connectivity index is 1.91. The molecule has 0 amide bonds. The molecule has 5 heteroatoms. The van der Waals surface area contributed by atoms with Crippen molar-refractivity contribution in [1.82, 2.24) is 15.3 Å². The largest absolute Gasteiger partial charge is 0.475 e. The lowest BCUT2D eigenvalue weighted by molar-refractivity contribution is 0.327. The van der Waals surface area contributed by atoms with Gasteiger partial charge in [-0.3, -0.25) is 0 Å². The Morgan fingerprint density at radius 2 is 2.05 bits per heavy atom. The molecule has 1 aromatic carbocycles. The Bertz CT molecular complexity index is 610. The zero-order valence-electron chi connectivity index (χ0n) is 12.7. The van der Waals surface area contributed by atoms with Gasteiger partial charge in [0.1, 0.15) is 0 Å². The summed E-state index contributed by atoms with van der Waals surface area (Å²) in [7, 11) is 2.06. The Morgan fingerprint density at radius 3 is 2.71 bits per heavy atom. The van der Waals surface area contributed by atoms with Crippen molar-refractivity contribution in [3.8, 4) is 5.88 Å². The number of rotatable bonds is 5. The lowest BCUT2D eigenvalue weighted by atomic mass is 10.2. The first kappa shape index (κ1) is 14.1. The summed E-state index contributed by atoms with van der Waals surface area (Å²) in [5.41, 5.74) is 1.78. The van der Waals surface area contributed by atoms with Gasteiger partial charge >= 0.3 is 0 Å². The second kappa shape index (κ2) is 6.26. The van der Waals surface area contributed by atoms with Crippen LogP contribution in [0.2, 0.25) is 0 Å². The molecule has 3 rings (SSSR count). The molecule has 21 heavy (non-hydrogen) atoms. The maximum absolute atomic E-state index is 5.70. The quantitative estimate of drug-likeness (QED) is 0.913. The van der Waals surface area contributed by atoms with Crippen LogP contribution < -0.4 is 15.0 Å². The van der Waals surface area contributed by atoms with Gasteiger partial charge in [0.15, 0.2) is 5.82 Å². The Morgan fingerprint density at radius 1 is 1.29 bits per heavy atom. The van der Waals surface area contributed by atoms with Gasteiger partial charge in [-0.1, -0.05) is 12.1 Å². The molecule has 1 N–H and O–H groups in total. The van der Waals surface area contributed by atoms with Gasteiger partial charge in [-0.2, -0.15) is 0 Å². The summed E-state index contributed by atoms with van der Waals surface area (Å²) in [6.45, 7) is 4.60. The monoisotopic (exact) mass is 286 g/mol. The topological polar surface area (TPSA) is 50.3 Å². The number of ether oxygens (including phenoxy) is 1. The number of hydrogen-bond donors (Lipinski definition) is 1. The summed E-state index contributed by atoms with van der Waals surface area (Å²) in [6.07, 6.45) is 2.47. The van der Waals surface area contributed by atoms with Gasteiger partial charge in [-0.15, -0.1) is 0 Å². The van der Waals surface area contributed by atoms with Crippen molar-refractivity contribution in [2.45, 2.75) is 25.8 Å². The van der Waals surface area contributed by atoms with E-state index >= 15 is 0 Å². The van der Waals surface area contributed by atoms with E-state index in [-0.39, 0.29) is 0 Å². The first-order valence-corrected chi connectivity index (χ1v) is 7.62. The summed E-state index contributed by atoms with van der Waals surface area (Å²) >= 11 is 0. The molecule has 1 aromatic heterocycles. The zero-order chi connectivity index (χ0) is 14.7. The van der Waals surface area contributed by atoms with Crippen molar-refractivity contribution in [1.29, 1.82) is 0 Å². The van der Waals surface area contributed by atoms with Crippen LogP contribution in [0.1, 0.15) is 19.8 Å². The van der Waals surface area contributed by atoms with Gasteiger partial charge in [-0.25, -0.2) is 9.97 Å². The fourth-order valence-corrected chi connectivity index (χ4v) is 2.79. The molecule has 1 aliphatic rings. The average molecular weight is 286 g/mol. The van der Waals surface area contributed by atoms with Gasteiger partial charge in [0.2, 0.25) is 0 Å². The van der Waals surface area contributed by atoms with E-state index in [1.807, 2.05) is 31.2 Å². The van der Waals surface area contributed by atoms with Crippen molar-refractivity contribution in [2.75, 3.05) is 31.6 Å². The van der Waals surface area contributed by atoms with Gasteiger partial charge in [0.05, 0.1) is 17.6 Å². The number of hydrogen-bond acceptors (Lipinski definition) is 5. The van der Waals surface area contributed by atoms with Gasteiger partial charge < -0.3 is 15.0 Å². The van der Waals surface area contributed by atoms with Crippen LogP contribution in [0.15, 0.2) is 24.3 Å².